The third-order valence-electron chi connectivity index (χ3n) is 2.79. The number of hydrogen-bond donors (Lipinski definition) is 1. The Labute approximate surface area is 148 Å². The summed E-state index contributed by atoms with van der Waals surface area (Å²) in [5, 5.41) is 27.7. The van der Waals surface area contributed by atoms with Crippen molar-refractivity contribution in [1.29, 1.82) is 10.5 Å². The number of carbonyl (C=O) groups excluding carboxylic acids is 1. The zero-order valence-electron chi connectivity index (χ0n) is 10.4. The van der Waals surface area contributed by atoms with Crippen LogP contribution in [0.3, 0.4) is 0 Å². The first-order valence-corrected chi connectivity index (χ1v) is 8.19. The third kappa shape index (κ3) is 4.11. The summed E-state index contributed by atoms with van der Waals surface area (Å²) in [5.74, 6) is -0.985. The van der Waals surface area contributed by atoms with E-state index in [2.05, 4.69) is 37.9 Å². The molecule has 0 aliphatic carbocycles. The van der Waals surface area contributed by atoms with E-state index in [1.54, 1.807) is 0 Å². The second-order valence-electron chi connectivity index (χ2n) is 4.11. The molecule has 21 heavy (non-hydrogen) atoms. The topological polar surface area (TPSA) is 84.9 Å². The van der Waals surface area contributed by atoms with Crippen molar-refractivity contribution >= 4 is 61.3 Å². The number of aldehydes is 1. The maximum atomic E-state index is 11.2. The third-order valence-corrected chi connectivity index (χ3v) is 5.13. The van der Waals surface area contributed by atoms with Crippen molar-refractivity contribution in [3.8, 4) is 17.9 Å². The number of benzene rings is 1. The summed E-state index contributed by atoms with van der Waals surface area (Å²) in [6.07, 6.45) is 0.770. The predicted molar refractivity (Wildman–Crippen MR) is 87.2 cm³/mol. The number of rotatable bonds is 5. The molecule has 0 amide bonds. The first-order valence-electron chi connectivity index (χ1n) is 5.60. The Hall–Kier alpha value is -0.790. The Bertz CT molecular complexity index is 641. The quantitative estimate of drug-likeness (QED) is 0.513. The molecule has 3 unspecified atom stereocenters. The summed E-state index contributed by atoms with van der Waals surface area (Å²) >= 11 is 18.3. The lowest BCUT2D eigenvalue weighted by Crippen LogP contribution is -2.13. The van der Waals surface area contributed by atoms with Gasteiger partial charge in [-0.3, -0.25) is 4.79 Å². The SMILES string of the molecule is N#CC(Br)CC(C#N)C(Br)c1c(C=O)cc(Cl)c(O)c1Cl. The lowest BCUT2D eigenvalue weighted by molar-refractivity contribution is 0.112. The molecule has 3 atom stereocenters. The van der Waals surface area contributed by atoms with Gasteiger partial charge in [-0.05, 0) is 12.5 Å². The predicted octanol–water partition coefficient (Wildman–Crippen LogP) is 4.76. The first-order chi connectivity index (χ1) is 9.87. The van der Waals surface area contributed by atoms with Gasteiger partial charge in [0.25, 0.3) is 0 Å². The number of phenols is 1. The normalized spacial score (nSPS) is 14.6. The second-order valence-corrected chi connectivity index (χ2v) is 6.99. The molecule has 1 rings (SSSR count). The summed E-state index contributed by atoms with van der Waals surface area (Å²) in [7, 11) is 0. The van der Waals surface area contributed by atoms with Gasteiger partial charge in [0.05, 0.1) is 32.9 Å². The van der Waals surface area contributed by atoms with Crippen LogP contribution in [0.1, 0.15) is 27.2 Å². The Kier molecular flexibility index (Phi) is 6.96. The van der Waals surface area contributed by atoms with Gasteiger partial charge in [0.1, 0.15) is 11.1 Å². The van der Waals surface area contributed by atoms with E-state index in [0.717, 1.165) is 0 Å². The van der Waals surface area contributed by atoms with E-state index in [1.807, 2.05) is 6.07 Å². The second kappa shape index (κ2) is 8.00. The fourth-order valence-electron chi connectivity index (χ4n) is 1.73. The Balaban J connectivity index is 3.32. The molecular formula is C13H8Br2Cl2N2O2. The summed E-state index contributed by atoms with van der Waals surface area (Å²) in [4.78, 5) is 10.0. The molecule has 0 saturated carbocycles. The molecule has 1 N–H and O–H groups in total. The van der Waals surface area contributed by atoms with E-state index in [-0.39, 0.29) is 33.3 Å². The molecule has 1 aromatic carbocycles. The van der Waals surface area contributed by atoms with Crippen LogP contribution < -0.4 is 0 Å². The van der Waals surface area contributed by atoms with Gasteiger partial charge in [-0.15, -0.1) is 0 Å². The summed E-state index contributed by atoms with van der Waals surface area (Å²) in [6, 6.07) is 5.31. The van der Waals surface area contributed by atoms with E-state index in [0.29, 0.717) is 6.29 Å². The van der Waals surface area contributed by atoms with E-state index in [4.69, 9.17) is 28.5 Å². The average molecular weight is 455 g/mol. The number of hydrogen-bond acceptors (Lipinski definition) is 4. The lowest BCUT2D eigenvalue weighted by atomic mass is 9.93. The maximum Gasteiger partial charge on any atom is 0.153 e. The highest BCUT2D eigenvalue weighted by atomic mass is 79.9. The molecular weight excluding hydrogens is 447 g/mol. The molecule has 0 spiro atoms. The molecule has 1 aromatic rings. The Morgan fingerprint density at radius 2 is 1.95 bits per heavy atom. The number of nitrogens with zero attached hydrogens (tertiary/aromatic N) is 2. The van der Waals surface area contributed by atoms with E-state index in [1.165, 1.54) is 6.07 Å². The lowest BCUT2D eigenvalue weighted by Gasteiger charge is -2.20. The minimum Gasteiger partial charge on any atom is -0.505 e. The van der Waals surface area contributed by atoms with E-state index < -0.39 is 15.6 Å². The average Bonchev–Trinajstić information content (AvgIpc) is 2.48. The van der Waals surface area contributed by atoms with Crippen LogP contribution in [0.15, 0.2) is 6.07 Å². The molecule has 0 saturated heterocycles. The van der Waals surface area contributed by atoms with Crippen molar-refractivity contribution in [2.75, 3.05) is 0 Å². The van der Waals surface area contributed by atoms with Crippen molar-refractivity contribution in [3.05, 3.63) is 27.2 Å². The molecule has 110 valence electrons. The highest BCUT2D eigenvalue weighted by Crippen LogP contribution is 2.45. The molecule has 8 heteroatoms. The summed E-state index contributed by atoms with van der Waals surface area (Å²) in [6.45, 7) is 0. The molecule has 4 nitrogen and oxygen atoms in total. The van der Waals surface area contributed by atoms with Gasteiger partial charge in [-0.25, -0.2) is 0 Å². The van der Waals surface area contributed by atoms with Crippen LogP contribution in [0.25, 0.3) is 0 Å². The first kappa shape index (κ1) is 18.3. The van der Waals surface area contributed by atoms with Gasteiger partial charge < -0.3 is 5.11 Å². The molecule has 0 aromatic heterocycles. The number of phenolic OH excluding ortho intramolecular Hbond substituents is 1. The van der Waals surface area contributed by atoms with Crippen molar-refractivity contribution in [3.63, 3.8) is 0 Å². The monoisotopic (exact) mass is 452 g/mol. The minimum atomic E-state index is -0.634. The molecule has 0 bridgehead atoms. The molecule has 0 heterocycles. The molecule has 0 fully saturated rings. The molecule has 0 radical (unpaired) electrons. The maximum absolute atomic E-state index is 11.2. The zero-order chi connectivity index (χ0) is 16.2. The number of halogens is 4. The zero-order valence-corrected chi connectivity index (χ0v) is 15.0. The highest BCUT2D eigenvalue weighted by molar-refractivity contribution is 9.09. The molecule has 0 aliphatic heterocycles. The Morgan fingerprint density at radius 1 is 1.33 bits per heavy atom. The van der Waals surface area contributed by atoms with Crippen molar-refractivity contribution in [2.45, 2.75) is 16.1 Å². The fraction of sp³-hybridized carbons (Fsp3) is 0.308. The van der Waals surface area contributed by atoms with Crippen LogP contribution in [-0.2, 0) is 0 Å². The van der Waals surface area contributed by atoms with Crippen molar-refractivity contribution in [2.24, 2.45) is 5.92 Å². The van der Waals surface area contributed by atoms with Gasteiger partial charge >= 0.3 is 0 Å². The van der Waals surface area contributed by atoms with Crippen molar-refractivity contribution in [1.82, 2.24) is 0 Å². The van der Waals surface area contributed by atoms with Crippen LogP contribution in [0.5, 0.6) is 5.75 Å². The molecule has 0 aliphatic rings. The highest BCUT2D eigenvalue weighted by Gasteiger charge is 2.29. The van der Waals surface area contributed by atoms with Crippen LogP contribution in [0.2, 0.25) is 10.0 Å². The summed E-state index contributed by atoms with van der Waals surface area (Å²) < 4.78 is 0. The number of carbonyl (C=O) groups is 1. The van der Waals surface area contributed by atoms with Crippen LogP contribution in [0.4, 0.5) is 0 Å². The van der Waals surface area contributed by atoms with Gasteiger partial charge in [-0.1, -0.05) is 55.1 Å². The Morgan fingerprint density at radius 3 is 2.43 bits per heavy atom. The number of nitriles is 2. The van der Waals surface area contributed by atoms with Crippen LogP contribution in [-0.4, -0.2) is 16.2 Å². The van der Waals surface area contributed by atoms with E-state index >= 15 is 0 Å². The fourth-order valence-corrected chi connectivity index (χ4v) is 3.68. The largest absolute Gasteiger partial charge is 0.505 e. The standard InChI is InChI=1S/C13H8Br2Cl2N2O2/c14-8(4-19)1-6(3-18)11(15)10-7(5-20)2-9(16)13(21)12(10)17/h2,5-6,8,11,21H,1H2. The van der Waals surface area contributed by atoms with Crippen LogP contribution in [0, 0.1) is 28.6 Å². The number of aromatic hydroxyl groups is 1. The number of alkyl halides is 2. The van der Waals surface area contributed by atoms with Crippen LogP contribution >= 0.6 is 55.1 Å². The summed E-state index contributed by atoms with van der Waals surface area (Å²) in [5.41, 5.74) is 0.450. The van der Waals surface area contributed by atoms with E-state index in [9.17, 15) is 15.2 Å². The van der Waals surface area contributed by atoms with Crippen molar-refractivity contribution < 1.29 is 9.90 Å². The smallest absolute Gasteiger partial charge is 0.153 e. The van der Waals surface area contributed by atoms with Gasteiger partial charge in [0, 0.05) is 11.1 Å². The minimum absolute atomic E-state index is 0.0468. The van der Waals surface area contributed by atoms with Gasteiger partial charge in [0.2, 0.25) is 0 Å². The van der Waals surface area contributed by atoms with Gasteiger partial charge in [0.15, 0.2) is 5.75 Å². The van der Waals surface area contributed by atoms with Gasteiger partial charge in [-0.2, -0.15) is 10.5 Å².